The number of hydrogen-bond donors (Lipinski definition) is 1. The van der Waals surface area contributed by atoms with E-state index in [1.54, 1.807) is 11.3 Å². The lowest BCUT2D eigenvalue weighted by Crippen LogP contribution is -2.18. The largest absolute Gasteiger partial charge is 0.372 e. The molecule has 0 bridgehead atoms. The van der Waals surface area contributed by atoms with Crippen LogP contribution in [0.3, 0.4) is 0 Å². The fraction of sp³-hybridized carbons (Fsp3) is 0.222. The average molecular weight is 326 g/mol. The van der Waals surface area contributed by atoms with Gasteiger partial charge in [-0.3, -0.25) is 4.79 Å². The van der Waals surface area contributed by atoms with Gasteiger partial charge in [0.25, 0.3) is 0 Å². The third-order valence-electron chi connectivity index (χ3n) is 3.37. The Bertz CT molecular complexity index is 763. The number of rotatable bonds is 6. The predicted octanol–water partition coefficient (Wildman–Crippen LogP) is 3.86. The van der Waals surface area contributed by atoms with Gasteiger partial charge in [-0.05, 0) is 36.8 Å². The summed E-state index contributed by atoms with van der Waals surface area (Å²) in [7, 11) is 0. The van der Waals surface area contributed by atoms with Gasteiger partial charge in [0.05, 0.1) is 15.2 Å². The highest BCUT2D eigenvalue weighted by molar-refractivity contribution is 7.18. The van der Waals surface area contributed by atoms with Crippen molar-refractivity contribution in [2.75, 3.05) is 18.5 Å². The number of nitrogens with zero attached hydrogens (tertiary/aromatic N) is 1. The summed E-state index contributed by atoms with van der Waals surface area (Å²) in [5.41, 5.74) is 3.00. The van der Waals surface area contributed by atoms with Crippen molar-refractivity contribution in [3.05, 3.63) is 59.1 Å². The summed E-state index contributed by atoms with van der Waals surface area (Å²) in [6.45, 7) is 2.49. The summed E-state index contributed by atoms with van der Waals surface area (Å²) >= 11 is 1.72. The van der Waals surface area contributed by atoms with Gasteiger partial charge in [0.15, 0.2) is 0 Å². The lowest BCUT2D eigenvalue weighted by atomic mass is 10.1. The van der Waals surface area contributed by atoms with Gasteiger partial charge >= 0.3 is 0 Å². The molecule has 2 aromatic carbocycles. The molecule has 0 spiro atoms. The van der Waals surface area contributed by atoms with Gasteiger partial charge < -0.3 is 10.1 Å². The molecular weight excluding hydrogens is 308 g/mol. The highest BCUT2D eigenvalue weighted by Crippen LogP contribution is 2.24. The molecule has 5 heteroatoms. The second-order valence-corrected chi connectivity index (χ2v) is 6.25. The molecular formula is C18H18N2O2S. The lowest BCUT2D eigenvalue weighted by molar-refractivity contribution is -0.120. The van der Waals surface area contributed by atoms with Crippen LogP contribution in [0.1, 0.15) is 17.5 Å². The van der Waals surface area contributed by atoms with Crippen LogP contribution in [0.2, 0.25) is 0 Å². The molecule has 1 N–H and O–H groups in total. The number of fused-ring (bicyclic) bond motifs is 1. The van der Waals surface area contributed by atoms with Crippen LogP contribution >= 0.6 is 11.3 Å². The van der Waals surface area contributed by atoms with Crippen LogP contribution in [0.5, 0.6) is 0 Å². The number of carbonyl (C=O) groups excluding carboxylic acids is 1. The Morgan fingerprint density at radius 3 is 2.70 bits per heavy atom. The molecule has 0 aliphatic heterocycles. The molecule has 0 saturated heterocycles. The molecule has 118 valence electrons. The molecule has 0 aliphatic carbocycles. The maximum atomic E-state index is 11.6. The van der Waals surface area contributed by atoms with Gasteiger partial charge in [0.2, 0.25) is 5.91 Å². The number of anilines is 1. The number of ether oxygens (including phenoxy) is 1. The molecule has 23 heavy (non-hydrogen) atoms. The van der Waals surface area contributed by atoms with E-state index in [2.05, 4.69) is 16.4 Å². The summed E-state index contributed by atoms with van der Waals surface area (Å²) in [5, 5.41) is 3.91. The summed E-state index contributed by atoms with van der Waals surface area (Å²) in [5.74, 6) is -0.134. The van der Waals surface area contributed by atoms with Crippen LogP contribution in [0.15, 0.2) is 48.5 Å². The van der Waals surface area contributed by atoms with E-state index in [9.17, 15) is 4.79 Å². The van der Waals surface area contributed by atoms with E-state index in [1.807, 2.05) is 49.4 Å². The van der Waals surface area contributed by atoms with Crippen molar-refractivity contribution in [3.63, 3.8) is 0 Å². The third kappa shape index (κ3) is 4.15. The van der Waals surface area contributed by atoms with Crippen LogP contribution in [0.25, 0.3) is 10.2 Å². The van der Waals surface area contributed by atoms with Gasteiger partial charge in [-0.25, -0.2) is 4.98 Å². The molecule has 0 atom stereocenters. The normalized spacial score (nSPS) is 10.8. The van der Waals surface area contributed by atoms with Gasteiger partial charge in [0, 0.05) is 18.7 Å². The van der Waals surface area contributed by atoms with E-state index < -0.39 is 0 Å². The summed E-state index contributed by atoms with van der Waals surface area (Å²) in [6.07, 6.45) is 0.798. The van der Waals surface area contributed by atoms with Crippen molar-refractivity contribution in [2.24, 2.45) is 0 Å². The number of amides is 1. The van der Waals surface area contributed by atoms with Gasteiger partial charge in [-0.2, -0.15) is 0 Å². The van der Waals surface area contributed by atoms with Crippen LogP contribution in [0.4, 0.5) is 5.69 Å². The zero-order chi connectivity index (χ0) is 16.1. The fourth-order valence-electron chi connectivity index (χ4n) is 2.27. The van der Waals surface area contributed by atoms with Gasteiger partial charge in [-0.15, -0.1) is 11.3 Å². The standard InChI is InChI=1S/C18H18N2O2S/c1-2-22-12-17(21)19-14-9-7-13(8-10-14)11-18-20-15-5-3-4-6-16(15)23-18/h3-10H,2,11-12H2,1H3,(H,19,21). The second-order valence-electron chi connectivity index (χ2n) is 5.13. The molecule has 3 rings (SSSR count). The Morgan fingerprint density at radius 2 is 1.96 bits per heavy atom. The summed E-state index contributed by atoms with van der Waals surface area (Å²) in [6, 6.07) is 16.0. The first kappa shape index (κ1) is 15.6. The number of nitrogens with one attached hydrogen (secondary N) is 1. The molecule has 0 unspecified atom stereocenters. The van der Waals surface area contributed by atoms with E-state index in [4.69, 9.17) is 4.74 Å². The van der Waals surface area contributed by atoms with Crippen molar-refractivity contribution < 1.29 is 9.53 Å². The molecule has 1 aromatic heterocycles. The maximum Gasteiger partial charge on any atom is 0.250 e. The predicted molar refractivity (Wildman–Crippen MR) is 94.0 cm³/mol. The first-order chi connectivity index (χ1) is 11.2. The molecule has 0 fully saturated rings. The lowest BCUT2D eigenvalue weighted by Gasteiger charge is -2.06. The van der Waals surface area contributed by atoms with E-state index in [1.165, 1.54) is 10.3 Å². The smallest absolute Gasteiger partial charge is 0.250 e. The number of benzene rings is 2. The first-order valence-electron chi connectivity index (χ1n) is 7.55. The van der Waals surface area contributed by atoms with Crippen LogP contribution < -0.4 is 5.32 Å². The van der Waals surface area contributed by atoms with E-state index in [-0.39, 0.29) is 12.5 Å². The van der Waals surface area contributed by atoms with Crippen molar-refractivity contribution in [3.8, 4) is 0 Å². The molecule has 0 radical (unpaired) electrons. The maximum absolute atomic E-state index is 11.6. The Hall–Kier alpha value is -2.24. The van der Waals surface area contributed by atoms with Crippen LogP contribution in [0, 0.1) is 0 Å². The Labute approximate surface area is 139 Å². The van der Waals surface area contributed by atoms with Crippen molar-refractivity contribution in [1.82, 2.24) is 4.98 Å². The van der Waals surface area contributed by atoms with E-state index >= 15 is 0 Å². The Balaban J connectivity index is 1.64. The van der Waals surface area contributed by atoms with Crippen LogP contribution in [-0.4, -0.2) is 24.1 Å². The number of aromatic nitrogens is 1. The molecule has 0 saturated carbocycles. The highest BCUT2D eigenvalue weighted by atomic mass is 32.1. The van der Waals surface area contributed by atoms with Crippen molar-refractivity contribution in [2.45, 2.75) is 13.3 Å². The minimum absolute atomic E-state index is 0.0873. The Morgan fingerprint density at radius 1 is 1.17 bits per heavy atom. The Kier molecular flexibility index (Phi) is 5.00. The number of para-hydroxylation sites is 1. The number of thiazole rings is 1. The summed E-state index contributed by atoms with van der Waals surface area (Å²) in [4.78, 5) is 16.2. The van der Waals surface area contributed by atoms with E-state index in [0.717, 1.165) is 22.6 Å². The highest BCUT2D eigenvalue weighted by Gasteiger charge is 2.05. The zero-order valence-corrected chi connectivity index (χ0v) is 13.7. The quantitative estimate of drug-likeness (QED) is 0.748. The zero-order valence-electron chi connectivity index (χ0n) is 12.9. The fourth-order valence-corrected chi connectivity index (χ4v) is 3.27. The molecule has 3 aromatic rings. The van der Waals surface area contributed by atoms with E-state index in [0.29, 0.717) is 6.61 Å². The number of carbonyl (C=O) groups is 1. The second kappa shape index (κ2) is 7.35. The third-order valence-corrected chi connectivity index (χ3v) is 4.40. The van der Waals surface area contributed by atoms with Gasteiger partial charge in [-0.1, -0.05) is 24.3 Å². The number of hydrogen-bond acceptors (Lipinski definition) is 4. The van der Waals surface area contributed by atoms with Crippen molar-refractivity contribution in [1.29, 1.82) is 0 Å². The topological polar surface area (TPSA) is 51.2 Å². The molecule has 4 nitrogen and oxygen atoms in total. The first-order valence-corrected chi connectivity index (χ1v) is 8.37. The minimum Gasteiger partial charge on any atom is -0.372 e. The monoisotopic (exact) mass is 326 g/mol. The molecule has 1 amide bonds. The average Bonchev–Trinajstić information content (AvgIpc) is 2.97. The van der Waals surface area contributed by atoms with Crippen LogP contribution in [-0.2, 0) is 16.0 Å². The molecule has 0 aliphatic rings. The minimum atomic E-state index is -0.134. The summed E-state index contributed by atoms with van der Waals surface area (Å²) < 4.78 is 6.29. The van der Waals surface area contributed by atoms with Crippen molar-refractivity contribution >= 4 is 33.1 Å². The SMILES string of the molecule is CCOCC(=O)Nc1ccc(Cc2nc3ccccc3s2)cc1. The van der Waals surface area contributed by atoms with Gasteiger partial charge in [0.1, 0.15) is 6.61 Å². The molecule has 1 heterocycles.